The molecule has 1 aliphatic heterocycles. The minimum absolute atomic E-state index is 0. The number of carbonyl (C=O) groups is 2. The van der Waals surface area contributed by atoms with Crippen LogP contribution in [0, 0.1) is 0 Å². The first kappa shape index (κ1) is 11.2. The average Bonchev–Trinajstić information content (AvgIpc) is 2.17. The summed E-state index contributed by atoms with van der Waals surface area (Å²) in [4.78, 5) is 22.4. The molecule has 68 valence electrons. The minimum atomic E-state index is -0.258. The Morgan fingerprint density at radius 1 is 1.33 bits per heavy atom. The number of carbonyl (C=O) groups excluding carboxylic acids is 2. The lowest BCUT2D eigenvalue weighted by Crippen LogP contribution is -2.22. The summed E-state index contributed by atoms with van der Waals surface area (Å²) < 4.78 is 0. The van der Waals surface area contributed by atoms with Gasteiger partial charge in [-0.05, 0) is 12.7 Å². The van der Waals surface area contributed by atoms with Crippen molar-refractivity contribution in [1.29, 1.82) is 0 Å². The van der Waals surface area contributed by atoms with Crippen LogP contribution in [-0.4, -0.2) is 17.6 Å². The van der Waals surface area contributed by atoms with Crippen molar-refractivity contribution in [2.24, 2.45) is 0 Å². The Hall–Kier alpha value is -0.770. The lowest BCUT2D eigenvalue weighted by Gasteiger charge is -1.94. The maximum atomic E-state index is 11.0. The largest absolute Gasteiger partial charge is 0.288 e. The van der Waals surface area contributed by atoms with Crippen molar-refractivity contribution in [3.05, 3.63) is 10.5 Å². The summed E-state index contributed by atoms with van der Waals surface area (Å²) in [5.74, 6) is 0.304. The number of nitrogens with one attached hydrogen (secondary N) is 1. The number of rotatable bonds is 2. The molecule has 0 aromatic carbocycles. The first-order valence-electron chi connectivity index (χ1n) is 3.36. The van der Waals surface area contributed by atoms with Gasteiger partial charge in [0.05, 0.1) is 4.91 Å². The molecule has 0 atom stereocenters. The second-order valence-electron chi connectivity index (χ2n) is 2.17. The van der Waals surface area contributed by atoms with Crippen molar-refractivity contribution < 1.29 is 9.59 Å². The van der Waals surface area contributed by atoms with Gasteiger partial charge in [0.15, 0.2) is 0 Å². The maximum absolute atomic E-state index is 11.0. The summed E-state index contributed by atoms with van der Waals surface area (Å²) in [6.45, 7) is 3.61. The summed E-state index contributed by atoms with van der Waals surface area (Å²) in [5, 5.41) is 2.23. The summed E-state index contributed by atoms with van der Waals surface area (Å²) in [5.41, 5.74) is 0.543. The molecule has 4 heteroatoms. The van der Waals surface area contributed by atoms with Gasteiger partial charge >= 0.3 is 0 Å². The zero-order valence-corrected chi connectivity index (χ0v) is 7.25. The lowest BCUT2D eigenvalue weighted by molar-refractivity contribution is -0.123. The second-order valence-corrected chi connectivity index (χ2v) is 3.44. The number of amides is 2. The van der Waals surface area contributed by atoms with Crippen LogP contribution in [0.25, 0.3) is 0 Å². The molecule has 12 heavy (non-hydrogen) atoms. The predicted molar refractivity (Wildman–Crippen MR) is 50.7 cm³/mol. The highest BCUT2D eigenvalue weighted by Gasteiger charge is 2.26. The molecule has 2 amide bonds. The molecule has 0 saturated heterocycles. The van der Waals surface area contributed by atoms with Gasteiger partial charge in [-0.15, -0.1) is 11.8 Å². The summed E-state index contributed by atoms with van der Waals surface area (Å²) in [6.07, 6.45) is 0. The normalized spacial score (nSPS) is 16.2. The first-order chi connectivity index (χ1) is 5.16. The van der Waals surface area contributed by atoms with E-state index in [-0.39, 0.29) is 19.2 Å². The van der Waals surface area contributed by atoms with Gasteiger partial charge < -0.3 is 0 Å². The van der Waals surface area contributed by atoms with Crippen LogP contribution in [0.3, 0.4) is 0 Å². The van der Waals surface area contributed by atoms with Crippen molar-refractivity contribution in [1.82, 2.24) is 5.32 Å². The number of thioether (sulfide) groups is 1. The standard InChI is InChI=1S/C7H9NO2S.CH4/c1-3-11-5-4(2)6(9)8-7(5)10;/h3H2,1-2H3,(H,8,9,10);1H4. The van der Waals surface area contributed by atoms with Gasteiger partial charge in [-0.3, -0.25) is 14.9 Å². The fraction of sp³-hybridized carbons (Fsp3) is 0.500. The molecule has 0 bridgehead atoms. The molecular formula is C8H13NO2S. The van der Waals surface area contributed by atoms with Crippen molar-refractivity contribution in [2.75, 3.05) is 5.75 Å². The van der Waals surface area contributed by atoms with E-state index in [1.165, 1.54) is 11.8 Å². The predicted octanol–water partition coefficient (Wildman–Crippen LogP) is 1.31. The monoisotopic (exact) mass is 187 g/mol. The van der Waals surface area contributed by atoms with Gasteiger partial charge in [0.2, 0.25) is 0 Å². The molecule has 0 aliphatic carbocycles. The third-order valence-electron chi connectivity index (χ3n) is 1.40. The topological polar surface area (TPSA) is 46.2 Å². The minimum Gasteiger partial charge on any atom is -0.288 e. The van der Waals surface area contributed by atoms with E-state index >= 15 is 0 Å². The zero-order valence-electron chi connectivity index (χ0n) is 6.43. The Morgan fingerprint density at radius 3 is 2.25 bits per heavy atom. The van der Waals surface area contributed by atoms with Crippen molar-refractivity contribution in [2.45, 2.75) is 21.3 Å². The van der Waals surface area contributed by atoms with Gasteiger partial charge in [-0.1, -0.05) is 14.4 Å². The van der Waals surface area contributed by atoms with Gasteiger partial charge in [-0.25, -0.2) is 0 Å². The van der Waals surface area contributed by atoms with Gasteiger partial charge in [-0.2, -0.15) is 0 Å². The molecule has 0 fully saturated rings. The van der Waals surface area contributed by atoms with Gasteiger partial charge in [0.25, 0.3) is 11.8 Å². The fourth-order valence-electron chi connectivity index (χ4n) is 0.845. The average molecular weight is 187 g/mol. The molecule has 0 radical (unpaired) electrons. The van der Waals surface area contributed by atoms with E-state index in [0.29, 0.717) is 10.5 Å². The zero-order chi connectivity index (χ0) is 8.43. The molecular weight excluding hydrogens is 174 g/mol. The van der Waals surface area contributed by atoms with E-state index in [4.69, 9.17) is 0 Å². The Kier molecular flexibility index (Phi) is 4.03. The van der Waals surface area contributed by atoms with Crippen LogP contribution in [0.15, 0.2) is 10.5 Å². The van der Waals surface area contributed by atoms with Crippen LogP contribution in [0.2, 0.25) is 0 Å². The number of hydrogen-bond acceptors (Lipinski definition) is 3. The number of hydrogen-bond donors (Lipinski definition) is 1. The molecule has 1 heterocycles. The van der Waals surface area contributed by atoms with Crippen molar-refractivity contribution in [3.8, 4) is 0 Å². The highest BCUT2D eigenvalue weighted by Crippen LogP contribution is 2.23. The number of imide groups is 1. The first-order valence-corrected chi connectivity index (χ1v) is 4.34. The van der Waals surface area contributed by atoms with Gasteiger partial charge in [0, 0.05) is 5.57 Å². The van der Waals surface area contributed by atoms with Crippen LogP contribution in [0.1, 0.15) is 21.3 Å². The Bertz CT molecular complexity index is 245. The molecule has 0 saturated carbocycles. The molecule has 1 aliphatic rings. The van der Waals surface area contributed by atoms with Crippen molar-refractivity contribution in [3.63, 3.8) is 0 Å². The molecule has 1 N–H and O–H groups in total. The SMILES string of the molecule is C.CCSC1=C(C)C(=O)NC1=O. The molecule has 1 rings (SSSR count). The second kappa shape index (κ2) is 4.30. The lowest BCUT2D eigenvalue weighted by atomic mass is 10.3. The summed E-state index contributed by atoms with van der Waals surface area (Å²) in [6, 6.07) is 0. The van der Waals surface area contributed by atoms with E-state index in [2.05, 4.69) is 5.32 Å². The summed E-state index contributed by atoms with van der Waals surface area (Å²) >= 11 is 1.41. The van der Waals surface area contributed by atoms with Crippen LogP contribution in [0.5, 0.6) is 0 Å². The van der Waals surface area contributed by atoms with Crippen LogP contribution in [0.4, 0.5) is 0 Å². The van der Waals surface area contributed by atoms with Gasteiger partial charge in [0.1, 0.15) is 0 Å². The van der Waals surface area contributed by atoms with E-state index in [1.807, 2.05) is 6.92 Å². The molecule has 0 aromatic rings. The summed E-state index contributed by atoms with van der Waals surface area (Å²) in [7, 11) is 0. The smallest absolute Gasteiger partial charge is 0.264 e. The maximum Gasteiger partial charge on any atom is 0.264 e. The van der Waals surface area contributed by atoms with Crippen LogP contribution in [-0.2, 0) is 9.59 Å². The quantitative estimate of drug-likeness (QED) is 0.663. The van der Waals surface area contributed by atoms with Crippen LogP contribution >= 0.6 is 11.8 Å². The molecule has 0 unspecified atom stereocenters. The third-order valence-corrected chi connectivity index (χ3v) is 2.47. The highest BCUT2D eigenvalue weighted by molar-refractivity contribution is 8.04. The Morgan fingerprint density at radius 2 is 1.92 bits per heavy atom. The van der Waals surface area contributed by atoms with E-state index in [0.717, 1.165) is 5.75 Å². The molecule has 3 nitrogen and oxygen atoms in total. The van der Waals surface area contributed by atoms with Crippen LogP contribution < -0.4 is 5.32 Å². The van der Waals surface area contributed by atoms with E-state index in [9.17, 15) is 9.59 Å². The fourth-order valence-corrected chi connectivity index (χ4v) is 1.63. The highest BCUT2D eigenvalue weighted by atomic mass is 32.2. The van der Waals surface area contributed by atoms with E-state index < -0.39 is 0 Å². The third kappa shape index (κ3) is 1.88. The molecule has 0 spiro atoms. The Labute approximate surface area is 76.6 Å². The molecule has 0 aromatic heterocycles. The van der Waals surface area contributed by atoms with Crippen molar-refractivity contribution >= 4 is 23.6 Å². The van der Waals surface area contributed by atoms with E-state index in [1.54, 1.807) is 6.92 Å². The Balaban J connectivity index is 0.00000121.